The number of carbonyl (C=O) groups is 2. The molecule has 0 unspecified atom stereocenters. The van der Waals surface area contributed by atoms with Crippen molar-refractivity contribution in [1.82, 2.24) is 10.2 Å². The van der Waals surface area contributed by atoms with Crippen LogP contribution in [0.4, 0.5) is 9.18 Å². The number of piperidine rings is 1. The topological polar surface area (TPSA) is 77.1 Å². The molecule has 0 atom stereocenters. The van der Waals surface area contributed by atoms with Crippen molar-refractivity contribution in [2.75, 3.05) is 32.9 Å². The summed E-state index contributed by atoms with van der Waals surface area (Å²) in [5.74, 6) is 0.145. The Balaban J connectivity index is 1.12. The van der Waals surface area contributed by atoms with Crippen LogP contribution >= 0.6 is 0 Å². The molecule has 1 aliphatic carbocycles. The lowest BCUT2D eigenvalue weighted by Crippen LogP contribution is -2.49. The van der Waals surface area contributed by atoms with E-state index in [-0.39, 0.29) is 23.8 Å². The second-order valence-corrected chi connectivity index (χ2v) is 10.0. The summed E-state index contributed by atoms with van der Waals surface area (Å²) >= 11 is 0. The van der Waals surface area contributed by atoms with Gasteiger partial charge in [0.25, 0.3) is 5.91 Å². The van der Waals surface area contributed by atoms with E-state index >= 15 is 0 Å². The molecule has 4 rings (SSSR count). The summed E-state index contributed by atoms with van der Waals surface area (Å²) in [6, 6.07) is 4.36. The molecule has 2 amide bonds. The highest BCUT2D eigenvalue weighted by Gasteiger charge is 2.46. The van der Waals surface area contributed by atoms with Crippen LogP contribution in [0.3, 0.4) is 0 Å². The fraction of sp³-hybridized carbons (Fsp3) is 0.680. The van der Waals surface area contributed by atoms with Crippen LogP contribution < -0.4 is 10.1 Å². The Morgan fingerprint density at radius 1 is 1.24 bits per heavy atom. The number of rotatable bonds is 8. The molecule has 1 aromatic carbocycles. The maximum absolute atomic E-state index is 14.3. The molecule has 2 aliphatic heterocycles. The Labute approximate surface area is 194 Å². The van der Waals surface area contributed by atoms with E-state index in [1.54, 1.807) is 6.07 Å². The number of nitrogens with zero attached hydrogens (tertiary/aromatic N) is 1. The molecule has 0 aromatic heterocycles. The van der Waals surface area contributed by atoms with Crippen LogP contribution in [0, 0.1) is 17.2 Å². The van der Waals surface area contributed by atoms with Gasteiger partial charge in [0.15, 0.2) is 0 Å². The molecule has 1 N–H and O–H groups in total. The minimum Gasteiger partial charge on any atom is -0.493 e. The van der Waals surface area contributed by atoms with Crippen LogP contribution in [0.2, 0.25) is 0 Å². The Bertz CT molecular complexity index is 841. The zero-order chi connectivity index (χ0) is 23.4. The molecule has 0 radical (unpaired) electrons. The standard InChI is InChI=1S/C25H35FN2O5/c1-17(2)33-24(30)28-9-7-25(8-10-28)13-18(14-25)4-3-11-32-20-5-6-21(22(26)12-20)23(29)27-19-15-31-16-19/h5-6,12,17-19H,3-4,7-11,13-16H2,1-2H3,(H,27,29). The summed E-state index contributed by atoms with van der Waals surface area (Å²) < 4.78 is 30.3. The Hall–Kier alpha value is -2.35. The zero-order valence-corrected chi connectivity index (χ0v) is 19.6. The van der Waals surface area contributed by atoms with Crippen molar-refractivity contribution in [2.45, 2.75) is 64.5 Å². The van der Waals surface area contributed by atoms with Crippen LogP contribution in [0.5, 0.6) is 5.75 Å². The Morgan fingerprint density at radius 2 is 1.97 bits per heavy atom. The molecule has 182 valence electrons. The fourth-order valence-corrected chi connectivity index (χ4v) is 5.13. The van der Waals surface area contributed by atoms with Gasteiger partial charge in [0.2, 0.25) is 0 Å². The van der Waals surface area contributed by atoms with E-state index in [1.165, 1.54) is 25.0 Å². The van der Waals surface area contributed by atoms with Gasteiger partial charge in [0, 0.05) is 19.2 Å². The quantitative estimate of drug-likeness (QED) is 0.588. The van der Waals surface area contributed by atoms with E-state index in [9.17, 15) is 14.0 Å². The number of halogens is 1. The van der Waals surface area contributed by atoms with E-state index in [0.29, 0.717) is 36.9 Å². The van der Waals surface area contributed by atoms with Gasteiger partial charge in [-0.1, -0.05) is 0 Å². The second-order valence-electron chi connectivity index (χ2n) is 10.0. The van der Waals surface area contributed by atoms with Crippen molar-refractivity contribution in [3.8, 4) is 5.75 Å². The van der Waals surface area contributed by atoms with E-state index in [1.807, 2.05) is 18.7 Å². The summed E-state index contributed by atoms with van der Waals surface area (Å²) in [6.45, 7) is 6.80. The van der Waals surface area contributed by atoms with Crippen LogP contribution in [-0.4, -0.2) is 62.0 Å². The van der Waals surface area contributed by atoms with Gasteiger partial charge in [-0.15, -0.1) is 0 Å². The van der Waals surface area contributed by atoms with Crippen molar-refractivity contribution in [1.29, 1.82) is 0 Å². The Kier molecular flexibility index (Phi) is 7.41. The third-order valence-electron chi connectivity index (χ3n) is 7.05. The van der Waals surface area contributed by atoms with Gasteiger partial charge < -0.3 is 24.4 Å². The summed E-state index contributed by atoms with van der Waals surface area (Å²) in [7, 11) is 0. The first-order valence-electron chi connectivity index (χ1n) is 12.1. The molecule has 1 saturated carbocycles. The van der Waals surface area contributed by atoms with Gasteiger partial charge in [-0.25, -0.2) is 9.18 Å². The average molecular weight is 463 g/mol. The number of hydrogen-bond acceptors (Lipinski definition) is 5. The molecule has 33 heavy (non-hydrogen) atoms. The van der Waals surface area contributed by atoms with E-state index in [2.05, 4.69) is 5.32 Å². The third kappa shape index (κ3) is 5.96. The number of amides is 2. The minimum absolute atomic E-state index is 0.0255. The molecule has 3 fully saturated rings. The lowest BCUT2D eigenvalue weighted by atomic mass is 9.56. The lowest BCUT2D eigenvalue weighted by Gasteiger charge is -2.52. The Morgan fingerprint density at radius 3 is 2.58 bits per heavy atom. The maximum Gasteiger partial charge on any atom is 0.410 e. The first kappa shape index (κ1) is 23.8. The second kappa shape index (κ2) is 10.3. The summed E-state index contributed by atoms with van der Waals surface area (Å²) in [4.78, 5) is 26.0. The van der Waals surface area contributed by atoms with E-state index in [4.69, 9.17) is 14.2 Å². The molecular formula is C25H35FN2O5. The molecule has 1 spiro atoms. The number of carbonyl (C=O) groups excluding carboxylic acids is 2. The third-order valence-corrected chi connectivity index (χ3v) is 7.05. The number of ether oxygens (including phenoxy) is 3. The molecule has 1 aromatic rings. The van der Waals surface area contributed by atoms with Gasteiger partial charge in [-0.3, -0.25) is 4.79 Å². The normalized spacial score (nSPS) is 20.3. The molecule has 3 aliphatic rings. The van der Waals surface area contributed by atoms with Crippen LogP contribution in [-0.2, 0) is 9.47 Å². The van der Waals surface area contributed by atoms with Gasteiger partial charge in [-0.05, 0) is 75.8 Å². The SMILES string of the molecule is CC(C)OC(=O)N1CCC2(CC1)CC(CCCOc1ccc(C(=O)NC3COC3)c(F)c1)C2. The average Bonchev–Trinajstić information content (AvgIpc) is 2.72. The predicted molar refractivity (Wildman–Crippen MR) is 121 cm³/mol. The van der Waals surface area contributed by atoms with Crippen molar-refractivity contribution < 1.29 is 28.2 Å². The summed E-state index contributed by atoms with van der Waals surface area (Å²) in [5.41, 5.74) is 0.420. The van der Waals surface area contributed by atoms with Crippen molar-refractivity contribution >= 4 is 12.0 Å². The molecule has 7 nitrogen and oxygen atoms in total. The predicted octanol–water partition coefficient (Wildman–Crippen LogP) is 4.15. The highest BCUT2D eigenvalue weighted by Crippen LogP contribution is 2.54. The van der Waals surface area contributed by atoms with Gasteiger partial charge in [0.05, 0.1) is 37.5 Å². The van der Waals surface area contributed by atoms with Crippen molar-refractivity contribution in [2.24, 2.45) is 11.3 Å². The number of hydrogen-bond donors (Lipinski definition) is 1. The molecule has 8 heteroatoms. The summed E-state index contributed by atoms with van der Waals surface area (Å²) in [5, 5.41) is 2.74. The number of nitrogens with one attached hydrogen (secondary N) is 1. The molecule has 2 heterocycles. The zero-order valence-electron chi connectivity index (χ0n) is 19.6. The first-order valence-corrected chi connectivity index (χ1v) is 12.1. The first-order chi connectivity index (χ1) is 15.8. The summed E-state index contributed by atoms with van der Waals surface area (Å²) in [6.07, 6.45) is 6.28. The maximum atomic E-state index is 14.3. The molecular weight excluding hydrogens is 427 g/mol. The molecule has 0 bridgehead atoms. The van der Waals surface area contributed by atoms with Crippen LogP contribution in [0.1, 0.15) is 62.7 Å². The smallest absolute Gasteiger partial charge is 0.410 e. The minimum atomic E-state index is -0.574. The van der Waals surface area contributed by atoms with E-state index < -0.39 is 11.7 Å². The van der Waals surface area contributed by atoms with E-state index in [0.717, 1.165) is 38.8 Å². The van der Waals surface area contributed by atoms with Crippen molar-refractivity contribution in [3.05, 3.63) is 29.6 Å². The van der Waals surface area contributed by atoms with Crippen LogP contribution in [0.15, 0.2) is 18.2 Å². The monoisotopic (exact) mass is 462 g/mol. The highest BCUT2D eigenvalue weighted by atomic mass is 19.1. The fourth-order valence-electron chi connectivity index (χ4n) is 5.13. The largest absolute Gasteiger partial charge is 0.493 e. The lowest BCUT2D eigenvalue weighted by molar-refractivity contribution is -0.0203. The van der Waals surface area contributed by atoms with Gasteiger partial charge in [0.1, 0.15) is 11.6 Å². The molecule has 2 saturated heterocycles. The number of likely N-dealkylation sites (tertiary alicyclic amines) is 1. The van der Waals surface area contributed by atoms with Gasteiger partial charge in [-0.2, -0.15) is 0 Å². The number of benzene rings is 1. The highest BCUT2D eigenvalue weighted by molar-refractivity contribution is 5.94. The van der Waals surface area contributed by atoms with Gasteiger partial charge >= 0.3 is 6.09 Å². The van der Waals surface area contributed by atoms with Crippen molar-refractivity contribution in [3.63, 3.8) is 0 Å². The van der Waals surface area contributed by atoms with Crippen LogP contribution in [0.25, 0.3) is 0 Å².